The van der Waals surface area contributed by atoms with E-state index in [9.17, 15) is 5.11 Å². The normalized spacial score (nSPS) is 27.2. The number of aliphatic hydroxyl groups excluding tert-OH is 1. The summed E-state index contributed by atoms with van der Waals surface area (Å²) in [6.07, 6.45) is 8.12. The SMILES string of the molecule is CCC(c1ccccc1)(C(O)C1=CCC(N2CCNCC2)C=C1)N1CCNCC1. The van der Waals surface area contributed by atoms with Crippen LogP contribution < -0.4 is 10.6 Å². The maximum absolute atomic E-state index is 11.8. The molecule has 2 saturated heterocycles. The Morgan fingerprint density at radius 3 is 2.28 bits per heavy atom. The van der Waals surface area contributed by atoms with Gasteiger partial charge in [0.1, 0.15) is 6.10 Å². The number of piperazine rings is 2. The minimum Gasteiger partial charge on any atom is -0.386 e. The van der Waals surface area contributed by atoms with Crippen LogP contribution in [0.5, 0.6) is 0 Å². The number of hydrogen-bond donors (Lipinski definition) is 3. The second kappa shape index (κ2) is 9.54. The maximum Gasteiger partial charge on any atom is 0.101 e. The van der Waals surface area contributed by atoms with E-state index in [2.05, 4.69) is 75.9 Å². The predicted octanol–water partition coefficient (Wildman–Crippen LogP) is 1.72. The highest BCUT2D eigenvalue weighted by Crippen LogP contribution is 2.40. The lowest BCUT2D eigenvalue weighted by Gasteiger charge is -2.49. The minimum atomic E-state index is -0.534. The van der Waals surface area contributed by atoms with Crippen molar-refractivity contribution in [1.29, 1.82) is 0 Å². The molecule has 0 saturated carbocycles. The summed E-state index contributed by atoms with van der Waals surface area (Å²) in [6.45, 7) is 10.4. The number of nitrogens with one attached hydrogen (secondary N) is 2. The van der Waals surface area contributed by atoms with E-state index in [0.29, 0.717) is 6.04 Å². The zero-order valence-corrected chi connectivity index (χ0v) is 17.7. The third-order valence-corrected chi connectivity index (χ3v) is 6.99. The first-order valence-corrected chi connectivity index (χ1v) is 11.3. The molecule has 158 valence electrons. The monoisotopic (exact) mass is 396 g/mol. The van der Waals surface area contributed by atoms with Crippen LogP contribution in [0.4, 0.5) is 0 Å². The van der Waals surface area contributed by atoms with Gasteiger partial charge in [0.05, 0.1) is 5.54 Å². The molecule has 1 aliphatic carbocycles. The van der Waals surface area contributed by atoms with E-state index in [-0.39, 0.29) is 5.54 Å². The summed E-state index contributed by atoms with van der Waals surface area (Å²) < 4.78 is 0. The van der Waals surface area contributed by atoms with Crippen molar-refractivity contribution in [2.75, 3.05) is 52.4 Å². The van der Waals surface area contributed by atoms with Crippen LogP contribution in [0, 0.1) is 0 Å². The van der Waals surface area contributed by atoms with Crippen molar-refractivity contribution < 1.29 is 5.11 Å². The van der Waals surface area contributed by atoms with Gasteiger partial charge < -0.3 is 15.7 Å². The quantitative estimate of drug-likeness (QED) is 0.684. The molecule has 0 radical (unpaired) electrons. The van der Waals surface area contributed by atoms with Gasteiger partial charge in [-0.1, -0.05) is 55.5 Å². The van der Waals surface area contributed by atoms with Crippen LogP contribution in [0.25, 0.3) is 0 Å². The van der Waals surface area contributed by atoms with Gasteiger partial charge in [-0.05, 0) is 24.0 Å². The van der Waals surface area contributed by atoms with Crippen molar-refractivity contribution in [2.24, 2.45) is 0 Å². The third kappa shape index (κ3) is 4.21. The van der Waals surface area contributed by atoms with Crippen molar-refractivity contribution in [2.45, 2.75) is 37.5 Å². The number of nitrogens with zero attached hydrogens (tertiary/aromatic N) is 2. The van der Waals surface area contributed by atoms with Crippen molar-refractivity contribution in [3.05, 3.63) is 59.7 Å². The van der Waals surface area contributed by atoms with Gasteiger partial charge in [0, 0.05) is 58.4 Å². The first-order chi connectivity index (χ1) is 14.3. The Kier molecular flexibility index (Phi) is 6.83. The topological polar surface area (TPSA) is 50.8 Å². The second-order valence-corrected chi connectivity index (χ2v) is 8.44. The summed E-state index contributed by atoms with van der Waals surface area (Å²) in [5.41, 5.74) is 1.90. The van der Waals surface area contributed by atoms with Gasteiger partial charge >= 0.3 is 0 Å². The zero-order chi connectivity index (χ0) is 20.1. The molecule has 1 aromatic carbocycles. The molecular weight excluding hydrogens is 360 g/mol. The van der Waals surface area contributed by atoms with Crippen LogP contribution in [0.1, 0.15) is 25.3 Å². The van der Waals surface area contributed by atoms with Crippen LogP contribution in [-0.2, 0) is 5.54 Å². The molecule has 0 amide bonds. The summed E-state index contributed by atoms with van der Waals surface area (Å²) in [4.78, 5) is 5.05. The first kappa shape index (κ1) is 20.8. The highest BCUT2D eigenvalue weighted by molar-refractivity contribution is 5.37. The van der Waals surface area contributed by atoms with E-state index in [1.54, 1.807) is 0 Å². The van der Waals surface area contributed by atoms with E-state index < -0.39 is 6.10 Å². The zero-order valence-electron chi connectivity index (χ0n) is 17.7. The highest BCUT2D eigenvalue weighted by Gasteiger charge is 2.45. The first-order valence-electron chi connectivity index (χ1n) is 11.3. The Morgan fingerprint density at radius 2 is 1.69 bits per heavy atom. The number of hydrogen-bond acceptors (Lipinski definition) is 5. The number of benzene rings is 1. The largest absolute Gasteiger partial charge is 0.386 e. The molecule has 4 rings (SSSR count). The predicted molar refractivity (Wildman–Crippen MR) is 119 cm³/mol. The summed E-state index contributed by atoms with van der Waals surface area (Å²) in [6, 6.07) is 11.1. The van der Waals surface area contributed by atoms with Crippen LogP contribution in [0.15, 0.2) is 54.1 Å². The van der Waals surface area contributed by atoms with Crippen LogP contribution in [0.3, 0.4) is 0 Å². The number of aliphatic hydroxyl groups is 1. The fourth-order valence-corrected chi connectivity index (χ4v) is 5.31. The average molecular weight is 397 g/mol. The summed E-state index contributed by atoms with van der Waals surface area (Å²) >= 11 is 0. The summed E-state index contributed by atoms with van der Waals surface area (Å²) in [5, 5.41) is 18.7. The van der Waals surface area contributed by atoms with Gasteiger partial charge in [-0.25, -0.2) is 0 Å². The van der Waals surface area contributed by atoms with Crippen LogP contribution in [-0.4, -0.2) is 79.4 Å². The molecule has 1 aromatic rings. The van der Waals surface area contributed by atoms with Gasteiger partial charge in [-0.3, -0.25) is 9.80 Å². The minimum absolute atomic E-state index is 0.387. The number of rotatable bonds is 6. The van der Waals surface area contributed by atoms with E-state index >= 15 is 0 Å². The molecular formula is C24H36N4O. The molecule has 2 aliphatic heterocycles. The molecule has 0 aromatic heterocycles. The fourth-order valence-electron chi connectivity index (χ4n) is 5.31. The van der Waals surface area contributed by atoms with Gasteiger partial charge in [0.15, 0.2) is 0 Å². The molecule has 3 aliphatic rings. The Bertz CT molecular complexity index is 707. The molecule has 5 nitrogen and oxygen atoms in total. The smallest absolute Gasteiger partial charge is 0.101 e. The van der Waals surface area contributed by atoms with E-state index in [0.717, 1.165) is 70.8 Å². The standard InChI is InChI=1S/C24H36N4O/c1-2-24(21-6-4-3-5-7-21,28-18-14-26-15-19-28)23(29)20-8-10-22(11-9-20)27-16-12-25-13-17-27/h3-10,22-23,25-26,29H,2,11-19H2,1H3. The van der Waals surface area contributed by atoms with Crippen molar-refractivity contribution >= 4 is 0 Å². The third-order valence-electron chi connectivity index (χ3n) is 6.99. The second-order valence-electron chi connectivity index (χ2n) is 8.44. The molecule has 3 N–H and O–H groups in total. The molecule has 3 atom stereocenters. The molecule has 29 heavy (non-hydrogen) atoms. The van der Waals surface area contributed by atoms with Crippen molar-refractivity contribution in [1.82, 2.24) is 20.4 Å². The Hall–Kier alpha value is -1.50. The van der Waals surface area contributed by atoms with Crippen LogP contribution >= 0.6 is 0 Å². The van der Waals surface area contributed by atoms with Crippen LogP contribution in [0.2, 0.25) is 0 Å². The lowest BCUT2D eigenvalue weighted by molar-refractivity contribution is -0.0275. The molecule has 2 heterocycles. The van der Waals surface area contributed by atoms with E-state index in [1.165, 1.54) is 5.56 Å². The molecule has 3 unspecified atom stereocenters. The molecule has 5 heteroatoms. The average Bonchev–Trinajstić information content (AvgIpc) is 2.82. The van der Waals surface area contributed by atoms with Gasteiger partial charge in [0.25, 0.3) is 0 Å². The van der Waals surface area contributed by atoms with Gasteiger partial charge in [0.2, 0.25) is 0 Å². The molecule has 0 spiro atoms. The lowest BCUT2D eigenvalue weighted by atomic mass is 9.76. The van der Waals surface area contributed by atoms with Gasteiger partial charge in [-0.2, -0.15) is 0 Å². The van der Waals surface area contributed by atoms with Crippen molar-refractivity contribution in [3.8, 4) is 0 Å². The maximum atomic E-state index is 11.8. The Labute approximate surface area is 175 Å². The Morgan fingerprint density at radius 1 is 1.03 bits per heavy atom. The summed E-state index contributed by atoms with van der Waals surface area (Å²) in [5.74, 6) is 0. The van der Waals surface area contributed by atoms with Gasteiger partial charge in [-0.15, -0.1) is 0 Å². The summed E-state index contributed by atoms with van der Waals surface area (Å²) in [7, 11) is 0. The molecule has 0 bridgehead atoms. The fraction of sp³-hybridized carbons (Fsp3) is 0.583. The van der Waals surface area contributed by atoms with E-state index in [1.807, 2.05) is 0 Å². The Balaban J connectivity index is 1.59. The van der Waals surface area contributed by atoms with E-state index in [4.69, 9.17) is 0 Å². The molecule has 2 fully saturated rings. The highest BCUT2D eigenvalue weighted by atomic mass is 16.3. The lowest BCUT2D eigenvalue weighted by Crippen LogP contribution is -2.59. The van der Waals surface area contributed by atoms with Crippen molar-refractivity contribution in [3.63, 3.8) is 0 Å².